The van der Waals surface area contributed by atoms with Crippen molar-refractivity contribution in [3.05, 3.63) is 0 Å². The van der Waals surface area contributed by atoms with Gasteiger partial charge < -0.3 is 21.3 Å². The van der Waals surface area contributed by atoms with Gasteiger partial charge >= 0.3 is 11.9 Å². The maximum Gasteiger partial charge on any atom is 0.326 e. The average Bonchev–Trinajstić information content (AvgIpc) is 2.64. The number of carbonyl (C=O) groups is 3. The Morgan fingerprint density at radius 1 is 1.41 bits per heavy atom. The number of carboxylic acids is 2. The molecule has 1 amide bonds. The van der Waals surface area contributed by atoms with Crippen LogP contribution in [0.5, 0.6) is 0 Å². The first-order valence-corrected chi connectivity index (χ1v) is 5.26. The number of rotatable bonds is 3. The predicted octanol–water partition coefficient (Wildman–Crippen LogP) is -0.596. The number of carbonyl (C=O) groups excluding carboxylic acids is 1. The topological polar surface area (TPSA) is 130 Å². The third-order valence-corrected chi connectivity index (χ3v) is 2.30. The number of nitrogens with two attached hydrogens (primary N) is 1. The molecule has 1 fully saturated rings. The second-order valence-electron chi connectivity index (χ2n) is 4.11. The van der Waals surface area contributed by atoms with Gasteiger partial charge in [-0.3, -0.25) is 9.59 Å². The molecule has 0 aliphatic carbocycles. The van der Waals surface area contributed by atoms with Gasteiger partial charge in [-0.25, -0.2) is 4.79 Å². The molecule has 1 aliphatic heterocycles. The van der Waals surface area contributed by atoms with Crippen molar-refractivity contribution in [2.24, 2.45) is 11.7 Å². The minimum Gasteiger partial charge on any atom is -0.480 e. The third kappa shape index (κ3) is 5.86. The number of aliphatic carboxylic acids is 2. The molecule has 7 nitrogen and oxygen atoms in total. The van der Waals surface area contributed by atoms with Gasteiger partial charge in [-0.1, -0.05) is 13.8 Å². The molecule has 0 bridgehead atoms. The molecule has 5 N–H and O–H groups in total. The van der Waals surface area contributed by atoms with Gasteiger partial charge in [0.05, 0.1) is 0 Å². The zero-order valence-corrected chi connectivity index (χ0v) is 9.84. The van der Waals surface area contributed by atoms with Crippen LogP contribution in [0.15, 0.2) is 0 Å². The summed E-state index contributed by atoms with van der Waals surface area (Å²) >= 11 is 0. The lowest BCUT2D eigenvalue weighted by atomic mass is 10.1. The van der Waals surface area contributed by atoms with Crippen LogP contribution in [-0.4, -0.2) is 40.1 Å². The molecule has 0 spiro atoms. The van der Waals surface area contributed by atoms with Crippen LogP contribution in [0, 0.1) is 5.92 Å². The molecule has 1 rings (SSSR count). The van der Waals surface area contributed by atoms with E-state index in [0.717, 1.165) is 0 Å². The van der Waals surface area contributed by atoms with Gasteiger partial charge in [0.1, 0.15) is 12.1 Å². The van der Waals surface area contributed by atoms with Crippen LogP contribution in [-0.2, 0) is 14.4 Å². The van der Waals surface area contributed by atoms with Gasteiger partial charge in [-0.05, 0) is 12.3 Å². The highest BCUT2D eigenvalue weighted by molar-refractivity contribution is 5.87. The number of nitrogens with one attached hydrogen (secondary N) is 1. The van der Waals surface area contributed by atoms with Gasteiger partial charge in [-0.2, -0.15) is 0 Å². The molecule has 1 heterocycles. The largest absolute Gasteiger partial charge is 0.480 e. The van der Waals surface area contributed by atoms with Crippen molar-refractivity contribution in [1.29, 1.82) is 0 Å². The predicted molar refractivity (Wildman–Crippen MR) is 59.2 cm³/mol. The summed E-state index contributed by atoms with van der Waals surface area (Å²) in [6.45, 7) is 3.55. The van der Waals surface area contributed by atoms with E-state index in [2.05, 4.69) is 5.32 Å². The fourth-order valence-electron chi connectivity index (χ4n) is 1.08. The highest BCUT2D eigenvalue weighted by atomic mass is 16.4. The van der Waals surface area contributed by atoms with E-state index in [0.29, 0.717) is 12.8 Å². The van der Waals surface area contributed by atoms with Gasteiger partial charge in [0.2, 0.25) is 5.91 Å². The van der Waals surface area contributed by atoms with E-state index in [-0.39, 0.29) is 11.8 Å². The summed E-state index contributed by atoms with van der Waals surface area (Å²) in [5.74, 6) is -2.02. The Hall–Kier alpha value is -1.63. The second kappa shape index (κ2) is 6.85. The first-order chi connectivity index (χ1) is 7.75. The van der Waals surface area contributed by atoms with E-state index in [1.54, 1.807) is 13.8 Å². The fraction of sp³-hybridized carbons (Fsp3) is 0.700. The molecule has 0 aromatic carbocycles. The normalized spacial score (nSPS) is 20.2. The molecule has 1 saturated heterocycles. The van der Waals surface area contributed by atoms with Gasteiger partial charge in [0.25, 0.3) is 0 Å². The first-order valence-electron chi connectivity index (χ1n) is 5.26. The Bertz CT molecular complexity index is 303. The van der Waals surface area contributed by atoms with Crippen molar-refractivity contribution in [2.45, 2.75) is 38.8 Å². The molecule has 0 saturated carbocycles. The molecule has 0 aromatic heterocycles. The quantitative estimate of drug-likeness (QED) is 0.526. The van der Waals surface area contributed by atoms with Crippen LogP contribution in [0.1, 0.15) is 26.7 Å². The Morgan fingerprint density at radius 3 is 2.06 bits per heavy atom. The van der Waals surface area contributed by atoms with Gasteiger partial charge in [-0.15, -0.1) is 0 Å². The van der Waals surface area contributed by atoms with E-state index in [4.69, 9.17) is 15.9 Å². The number of carboxylic acid groups (broad SMARTS) is 2. The molecule has 17 heavy (non-hydrogen) atoms. The lowest BCUT2D eigenvalue weighted by Gasteiger charge is -2.07. The van der Waals surface area contributed by atoms with Crippen LogP contribution in [0.25, 0.3) is 0 Å². The minimum absolute atomic E-state index is 0.0208. The second-order valence-corrected chi connectivity index (χ2v) is 4.11. The molecule has 0 radical (unpaired) electrons. The highest BCUT2D eigenvalue weighted by Crippen LogP contribution is 2.05. The summed E-state index contributed by atoms with van der Waals surface area (Å²) in [7, 11) is 0. The van der Waals surface area contributed by atoms with Crippen LogP contribution in [0.3, 0.4) is 0 Å². The van der Waals surface area contributed by atoms with Crippen LogP contribution in [0.2, 0.25) is 0 Å². The van der Waals surface area contributed by atoms with Gasteiger partial charge in [0.15, 0.2) is 0 Å². The molecule has 0 unspecified atom stereocenters. The number of amides is 1. The highest BCUT2D eigenvalue weighted by Gasteiger charge is 2.26. The van der Waals surface area contributed by atoms with Gasteiger partial charge in [0, 0.05) is 6.42 Å². The fourth-order valence-corrected chi connectivity index (χ4v) is 1.08. The summed E-state index contributed by atoms with van der Waals surface area (Å²) in [6, 6.07) is -1.35. The molecule has 2 atom stereocenters. The van der Waals surface area contributed by atoms with E-state index in [1.807, 2.05) is 0 Å². The molecular weight excluding hydrogens is 228 g/mol. The van der Waals surface area contributed by atoms with E-state index < -0.39 is 24.0 Å². The van der Waals surface area contributed by atoms with Crippen molar-refractivity contribution >= 4 is 17.8 Å². The summed E-state index contributed by atoms with van der Waals surface area (Å²) in [5.41, 5.74) is 5.16. The molecule has 98 valence electrons. The van der Waals surface area contributed by atoms with Crippen LogP contribution >= 0.6 is 0 Å². The summed E-state index contributed by atoms with van der Waals surface area (Å²) in [6.07, 6.45) is 0.769. The Morgan fingerprint density at radius 2 is 1.94 bits per heavy atom. The van der Waals surface area contributed by atoms with Crippen LogP contribution < -0.4 is 11.1 Å². The van der Waals surface area contributed by atoms with E-state index >= 15 is 0 Å². The number of hydrogen-bond acceptors (Lipinski definition) is 4. The Kier molecular flexibility index (Phi) is 6.19. The molecule has 0 aromatic rings. The SMILES string of the molecule is CC(C)[C@H](N)C(=O)O.O=C1CC[C@@H](C(=O)O)N1. The Labute approximate surface area is 99.0 Å². The van der Waals surface area contributed by atoms with Crippen molar-refractivity contribution in [3.63, 3.8) is 0 Å². The third-order valence-electron chi connectivity index (χ3n) is 2.30. The molecule has 7 heteroatoms. The lowest BCUT2D eigenvalue weighted by molar-refractivity contribution is -0.140. The number of hydrogen-bond donors (Lipinski definition) is 4. The van der Waals surface area contributed by atoms with E-state index in [1.165, 1.54) is 0 Å². The summed E-state index contributed by atoms with van der Waals surface area (Å²) < 4.78 is 0. The molecular formula is C10H18N2O5. The maximum absolute atomic E-state index is 10.4. The summed E-state index contributed by atoms with van der Waals surface area (Å²) in [5, 5.41) is 18.9. The van der Waals surface area contributed by atoms with Crippen molar-refractivity contribution in [3.8, 4) is 0 Å². The maximum atomic E-state index is 10.4. The lowest BCUT2D eigenvalue weighted by Crippen LogP contribution is -2.34. The monoisotopic (exact) mass is 246 g/mol. The zero-order chi connectivity index (χ0) is 13.6. The van der Waals surface area contributed by atoms with Crippen molar-refractivity contribution in [1.82, 2.24) is 5.32 Å². The standard InChI is InChI=1S/C5H7NO3.C5H11NO2/c7-4-2-1-3(6-4)5(8)9;1-3(2)4(6)5(7)8/h3H,1-2H2,(H,6,7)(H,8,9);3-4H,6H2,1-2H3,(H,7,8)/t3-;4-/m00/s1. The summed E-state index contributed by atoms with van der Waals surface area (Å²) in [4.78, 5) is 30.5. The molecule has 1 aliphatic rings. The first kappa shape index (κ1) is 15.4. The van der Waals surface area contributed by atoms with E-state index in [9.17, 15) is 14.4 Å². The average molecular weight is 246 g/mol. The smallest absolute Gasteiger partial charge is 0.326 e. The minimum atomic E-state index is -0.944. The Balaban J connectivity index is 0.000000304. The zero-order valence-electron chi connectivity index (χ0n) is 9.84. The van der Waals surface area contributed by atoms with Crippen molar-refractivity contribution < 1.29 is 24.6 Å². The van der Waals surface area contributed by atoms with Crippen molar-refractivity contribution in [2.75, 3.05) is 0 Å². The van der Waals surface area contributed by atoms with Crippen LogP contribution in [0.4, 0.5) is 0 Å².